The lowest BCUT2D eigenvalue weighted by Gasteiger charge is -2.13. The van der Waals surface area contributed by atoms with Crippen molar-refractivity contribution in [2.45, 2.75) is 17.5 Å². The van der Waals surface area contributed by atoms with Crippen molar-refractivity contribution in [3.8, 4) is 5.75 Å². The van der Waals surface area contributed by atoms with E-state index in [2.05, 4.69) is 0 Å². The molecule has 0 fully saturated rings. The zero-order valence-corrected chi connectivity index (χ0v) is 16.7. The number of hydrogen-bond acceptors (Lipinski definition) is 5. The molecule has 4 aromatic rings. The Bertz CT molecular complexity index is 1170. The maximum atomic E-state index is 13.1. The normalized spacial score (nSPS) is 11.1. The summed E-state index contributed by atoms with van der Waals surface area (Å²) in [6, 6.07) is 16.6. The van der Waals surface area contributed by atoms with Gasteiger partial charge in [0.05, 0.1) is 30.8 Å². The maximum absolute atomic E-state index is 13.1. The summed E-state index contributed by atoms with van der Waals surface area (Å²) in [5.41, 5.74) is 1.48. The zero-order valence-electron chi connectivity index (χ0n) is 15.1. The first kappa shape index (κ1) is 18.7. The minimum absolute atomic E-state index is 0.124. The van der Waals surface area contributed by atoms with Crippen LogP contribution in [0.5, 0.6) is 5.75 Å². The molecule has 0 bridgehead atoms. The summed E-state index contributed by atoms with van der Waals surface area (Å²) in [5, 5.41) is 1.67. The molecule has 0 radical (unpaired) electrons. The SMILES string of the molecule is COc1ccccc1CSc1nc2cc(Cl)ccc2c(=O)n1Cc1ccco1. The first-order valence-corrected chi connectivity index (χ1v) is 9.99. The Kier molecular flexibility index (Phi) is 5.41. The summed E-state index contributed by atoms with van der Waals surface area (Å²) >= 11 is 7.58. The van der Waals surface area contributed by atoms with Crippen molar-refractivity contribution in [2.24, 2.45) is 0 Å². The van der Waals surface area contributed by atoms with Gasteiger partial charge < -0.3 is 9.15 Å². The van der Waals surface area contributed by atoms with Crippen LogP contribution in [0.15, 0.2) is 75.2 Å². The van der Waals surface area contributed by atoms with E-state index in [1.165, 1.54) is 11.8 Å². The molecule has 4 rings (SSSR count). The number of nitrogens with zero attached hydrogens (tertiary/aromatic N) is 2. The molecule has 0 saturated carbocycles. The Morgan fingerprint density at radius 1 is 1.18 bits per heavy atom. The minimum Gasteiger partial charge on any atom is -0.496 e. The lowest BCUT2D eigenvalue weighted by molar-refractivity contribution is 0.411. The molecule has 7 heteroatoms. The number of para-hydroxylation sites is 1. The van der Waals surface area contributed by atoms with Crippen molar-refractivity contribution >= 4 is 34.3 Å². The second kappa shape index (κ2) is 8.12. The fraction of sp³-hybridized carbons (Fsp3) is 0.143. The monoisotopic (exact) mass is 412 g/mol. The second-order valence-electron chi connectivity index (χ2n) is 6.13. The summed E-state index contributed by atoms with van der Waals surface area (Å²) in [6.45, 7) is 0.311. The zero-order chi connectivity index (χ0) is 19.5. The van der Waals surface area contributed by atoms with Gasteiger partial charge in [-0.25, -0.2) is 4.98 Å². The number of aromatic nitrogens is 2. The summed E-state index contributed by atoms with van der Waals surface area (Å²) in [4.78, 5) is 17.8. The number of benzene rings is 2. The van der Waals surface area contributed by atoms with Crippen molar-refractivity contribution in [1.29, 1.82) is 0 Å². The molecule has 0 atom stereocenters. The molecule has 28 heavy (non-hydrogen) atoms. The van der Waals surface area contributed by atoms with E-state index in [4.69, 9.17) is 25.7 Å². The van der Waals surface area contributed by atoms with Crippen molar-refractivity contribution < 1.29 is 9.15 Å². The van der Waals surface area contributed by atoms with Crippen LogP contribution in [0.2, 0.25) is 5.02 Å². The number of rotatable bonds is 6. The van der Waals surface area contributed by atoms with E-state index in [-0.39, 0.29) is 5.56 Å². The maximum Gasteiger partial charge on any atom is 0.262 e. The van der Waals surface area contributed by atoms with Crippen LogP contribution < -0.4 is 10.3 Å². The van der Waals surface area contributed by atoms with E-state index in [1.807, 2.05) is 30.3 Å². The molecular weight excluding hydrogens is 396 g/mol. The summed E-state index contributed by atoms with van der Waals surface area (Å²) in [7, 11) is 1.65. The van der Waals surface area contributed by atoms with E-state index in [1.54, 1.807) is 42.2 Å². The van der Waals surface area contributed by atoms with Crippen LogP contribution in [0.4, 0.5) is 0 Å². The molecule has 2 aromatic carbocycles. The minimum atomic E-state index is -0.124. The molecular formula is C21H17ClN2O3S. The van der Waals surface area contributed by atoms with Gasteiger partial charge in [-0.2, -0.15) is 0 Å². The molecule has 142 valence electrons. The number of fused-ring (bicyclic) bond motifs is 1. The Morgan fingerprint density at radius 3 is 2.82 bits per heavy atom. The van der Waals surface area contributed by atoms with Crippen LogP contribution in [-0.4, -0.2) is 16.7 Å². The average molecular weight is 413 g/mol. The number of thioether (sulfide) groups is 1. The van der Waals surface area contributed by atoms with Crippen LogP contribution in [0.3, 0.4) is 0 Å². The van der Waals surface area contributed by atoms with Gasteiger partial charge in [0.2, 0.25) is 0 Å². The van der Waals surface area contributed by atoms with Crippen molar-refractivity contribution in [3.63, 3.8) is 0 Å². The van der Waals surface area contributed by atoms with Crippen LogP contribution >= 0.6 is 23.4 Å². The van der Waals surface area contributed by atoms with Gasteiger partial charge in [0.25, 0.3) is 5.56 Å². The third kappa shape index (κ3) is 3.79. The summed E-state index contributed by atoms with van der Waals surface area (Å²) < 4.78 is 12.5. The van der Waals surface area contributed by atoms with E-state index >= 15 is 0 Å². The van der Waals surface area contributed by atoms with Gasteiger partial charge in [-0.15, -0.1) is 0 Å². The third-order valence-electron chi connectivity index (χ3n) is 4.33. The molecule has 2 aromatic heterocycles. The van der Waals surface area contributed by atoms with Gasteiger partial charge in [-0.3, -0.25) is 9.36 Å². The number of hydrogen-bond donors (Lipinski definition) is 0. The third-order valence-corrected chi connectivity index (χ3v) is 5.59. The Morgan fingerprint density at radius 2 is 2.04 bits per heavy atom. The van der Waals surface area contributed by atoms with Crippen LogP contribution in [-0.2, 0) is 12.3 Å². The molecule has 0 unspecified atom stereocenters. The highest BCUT2D eigenvalue weighted by Crippen LogP contribution is 2.28. The van der Waals surface area contributed by atoms with Crippen molar-refractivity contribution in [3.05, 3.63) is 87.6 Å². The van der Waals surface area contributed by atoms with Crippen LogP contribution in [0.25, 0.3) is 10.9 Å². The first-order valence-electron chi connectivity index (χ1n) is 8.63. The average Bonchev–Trinajstić information content (AvgIpc) is 3.22. The van der Waals surface area contributed by atoms with Gasteiger partial charge in [0.1, 0.15) is 11.5 Å². The van der Waals surface area contributed by atoms with Gasteiger partial charge in [-0.05, 0) is 36.4 Å². The molecule has 0 aliphatic rings. The van der Waals surface area contributed by atoms with Gasteiger partial charge in [-0.1, -0.05) is 41.6 Å². The van der Waals surface area contributed by atoms with E-state index in [0.29, 0.717) is 39.1 Å². The quantitative estimate of drug-likeness (QED) is 0.330. The fourth-order valence-corrected chi connectivity index (χ4v) is 4.10. The highest BCUT2D eigenvalue weighted by Gasteiger charge is 2.14. The topological polar surface area (TPSA) is 57.3 Å². The van der Waals surface area contributed by atoms with Gasteiger partial charge in [0.15, 0.2) is 5.16 Å². The largest absolute Gasteiger partial charge is 0.496 e. The Balaban J connectivity index is 1.77. The predicted molar refractivity (Wildman–Crippen MR) is 111 cm³/mol. The molecule has 2 heterocycles. The molecule has 0 aliphatic carbocycles. The van der Waals surface area contributed by atoms with Gasteiger partial charge >= 0.3 is 0 Å². The number of methoxy groups -OCH3 is 1. The predicted octanol–water partition coefficient (Wildman–Crippen LogP) is 4.99. The van der Waals surface area contributed by atoms with E-state index < -0.39 is 0 Å². The standard InChI is InChI=1S/C21H17ClN2O3S/c1-26-19-7-3-2-5-14(19)13-28-21-23-18-11-15(22)8-9-17(18)20(25)24(21)12-16-6-4-10-27-16/h2-11H,12-13H2,1H3. The van der Waals surface area contributed by atoms with Crippen LogP contribution in [0.1, 0.15) is 11.3 Å². The smallest absolute Gasteiger partial charge is 0.262 e. The number of ether oxygens (including phenoxy) is 1. The number of furan rings is 1. The van der Waals surface area contributed by atoms with Crippen molar-refractivity contribution in [1.82, 2.24) is 9.55 Å². The molecule has 0 aliphatic heterocycles. The molecule has 0 saturated heterocycles. The highest BCUT2D eigenvalue weighted by molar-refractivity contribution is 7.98. The first-order chi connectivity index (χ1) is 13.7. The highest BCUT2D eigenvalue weighted by atomic mass is 35.5. The van der Waals surface area contributed by atoms with Gasteiger partial charge in [0, 0.05) is 16.3 Å². The second-order valence-corrected chi connectivity index (χ2v) is 7.51. The van der Waals surface area contributed by atoms with Crippen LogP contribution in [0, 0.1) is 0 Å². The van der Waals surface area contributed by atoms with E-state index in [0.717, 1.165) is 11.3 Å². The molecule has 0 N–H and O–H groups in total. The number of halogens is 1. The lowest BCUT2D eigenvalue weighted by atomic mass is 10.2. The fourth-order valence-electron chi connectivity index (χ4n) is 2.95. The Labute approximate surface area is 170 Å². The summed E-state index contributed by atoms with van der Waals surface area (Å²) in [6.07, 6.45) is 1.59. The summed E-state index contributed by atoms with van der Waals surface area (Å²) in [5.74, 6) is 2.11. The van der Waals surface area contributed by atoms with Crippen molar-refractivity contribution in [2.75, 3.05) is 7.11 Å². The van der Waals surface area contributed by atoms with E-state index in [9.17, 15) is 4.79 Å². The Hall–Kier alpha value is -2.70. The lowest BCUT2D eigenvalue weighted by Crippen LogP contribution is -2.23. The molecule has 5 nitrogen and oxygen atoms in total. The molecule has 0 amide bonds. The molecule has 0 spiro atoms.